The Balaban J connectivity index is 2.65. The summed E-state index contributed by atoms with van der Waals surface area (Å²) in [5.41, 5.74) is 0.138. The smallest absolute Gasteiger partial charge is 0.183 e. The van der Waals surface area contributed by atoms with E-state index in [1.165, 1.54) is 0 Å². The van der Waals surface area contributed by atoms with Crippen LogP contribution in [-0.2, 0) is 5.60 Å². The van der Waals surface area contributed by atoms with Crippen LogP contribution in [0.1, 0.15) is 17.5 Å². The van der Waals surface area contributed by atoms with Gasteiger partial charge >= 0.3 is 0 Å². The fourth-order valence-corrected chi connectivity index (χ4v) is 1.84. The quantitative estimate of drug-likeness (QED) is 0.629. The Labute approximate surface area is 82.6 Å². The lowest BCUT2D eigenvalue weighted by Crippen LogP contribution is -2.31. The summed E-state index contributed by atoms with van der Waals surface area (Å²) < 4.78 is 5.39. The molecule has 72 valence electrons. The number of benzene rings is 1. The minimum atomic E-state index is -1.38. The lowest BCUT2D eigenvalue weighted by atomic mass is 9.86. The van der Waals surface area contributed by atoms with E-state index in [1.54, 1.807) is 6.07 Å². The SMILES string of the molecule is Cc1cccc2c1C(O)(C#N)CCO2. The predicted octanol–water partition coefficient (Wildman–Crippen LogP) is 1.49. The molecule has 0 aromatic heterocycles. The molecule has 0 saturated heterocycles. The molecule has 1 aliphatic rings. The van der Waals surface area contributed by atoms with Crippen molar-refractivity contribution in [2.75, 3.05) is 6.61 Å². The first-order valence-corrected chi connectivity index (χ1v) is 4.54. The summed E-state index contributed by atoms with van der Waals surface area (Å²) in [5, 5.41) is 19.0. The summed E-state index contributed by atoms with van der Waals surface area (Å²) >= 11 is 0. The molecule has 1 atom stereocenters. The minimum absolute atomic E-state index is 0.335. The largest absolute Gasteiger partial charge is 0.493 e. The second-order valence-corrected chi connectivity index (χ2v) is 3.52. The van der Waals surface area contributed by atoms with Crippen LogP contribution in [0.5, 0.6) is 5.75 Å². The summed E-state index contributed by atoms with van der Waals surface area (Å²) in [6.07, 6.45) is 0.335. The Morgan fingerprint density at radius 1 is 1.57 bits per heavy atom. The van der Waals surface area contributed by atoms with Gasteiger partial charge in [0.1, 0.15) is 11.8 Å². The van der Waals surface area contributed by atoms with Crippen LogP contribution >= 0.6 is 0 Å². The zero-order chi connectivity index (χ0) is 10.2. The maximum absolute atomic E-state index is 10.1. The van der Waals surface area contributed by atoms with Gasteiger partial charge in [0.2, 0.25) is 0 Å². The molecular weight excluding hydrogens is 178 g/mol. The molecule has 1 aliphatic heterocycles. The molecule has 14 heavy (non-hydrogen) atoms. The number of hydrogen-bond acceptors (Lipinski definition) is 3. The van der Waals surface area contributed by atoms with Crippen LogP contribution in [0.25, 0.3) is 0 Å². The molecule has 2 rings (SSSR count). The monoisotopic (exact) mass is 189 g/mol. The first-order valence-electron chi connectivity index (χ1n) is 4.54. The van der Waals surface area contributed by atoms with E-state index in [1.807, 2.05) is 25.1 Å². The van der Waals surface area contributed by atoms with Gasteiger partial charge in [0.05, 0.1) is 6.61 Å². The zero-order valence-electron chi connectivity index (χ0n) is 7.95. The second-order valence-electron chi connectivity index (χ2n) is 3.52. The molecule has 3 nitrogen and oxygen atoms in total. The van der Waals surface area contributed by atoms with E-state index < -0.39 is 5.60 Å². The predicted molar refractivity (Wildman–Crippen MR) is 50.8 cm³/mol. The third kappa shape index (κ3) is 1.16. The molecular formula is C11H11NO2. The Hall–Kier alpha value is -1.53. The maximum atomic E-state index is 10.1. The fraction of sp³-hybridized carbons (Fsp3) is 0.364. The van der Waals surface area contributed by atoms with Crippen molar-refractivity contribution in [2.45, 2.75) is 18.9 Å². The van der Waals surface area contributed by atoms with Crippen molar-refractivity contribution in [1.82, 2.24) is 0 Å². The van der Waals surface area contributed by atoms with Gasteiger partial charge in [0.25, 0.3) is 0 Å². The van der Waals surface area contributed by atoms with Crippen molar-refractivity contribution in [3.63, 3.8) is 0 Å². The summed E-state index contributed by atoms with van der Waals surface area (Å²) in [4.78, 5) is 0. The number of aliphatic hydroxyl groups is 1. The average Bonchev–Trinajstić information content (AvgIpc) is 2.18. The van der Waals surface area contributed by atoms with E-state index in [-0.39, 0.29) is 0 Å². The molecule has 0 aliphatic carbocycles. The molecule has 0 fully saturated rings. The minimum Gasteiger partial charge on any atom is -0.493 e. The van der Waals surface area contributed by atoms with Gasteiger partial charge in [-0.15, -0.1) is 0 Å². The van der Waals surface area contributed by atoms with Crippen LogP contribution in [0, 0.1) is 18.3 Å². The molecule has 1 unspecified atom stereocenters. The van der Waals surface area contributed by atoms with E-state index in [4.69, 9.17) is 10.00 Å². The molecule has 1 N–H and O–H groups in total. The Morgan fingerprint density at radius 2 is 2.36 bits per heavy atom. The molecule has 0 radical (unpaired) electrons. The Morgan fingerprint density at radius 3 is 3.07 bits per heavy atom. The van der Waals surface area contributed by atoms with Crippen LogP contribution in [0.3, 0.4) is 0 Å². The number of hydrogen-bond donors (Lipinski definition) is 1. The Bertz CT molecular complexity index is 408. The van der Waals surface area contributed by atoms with Crippen molar-refractivity contribution in [3.8, 4) is 11.8 Å². The lowest BCUT2D eigenvalue weighted by Gasteiger charge is -2.29. The molecule has 0 amide bonds. The van der Waals surface area contributed by atoms with Crippen molar-refractivity contribution in [3.05, 3.63) is 29.3 Å². The molecule has 1 aromatic rings. The maximum Gasteiger partial charge on any atom is 0.183 e. The molecule has 1 heterocycles. The molecule has 3 heteroatoms. The van der Waals surface area contributed by atoms with Crippen LogP contribution in [0.2, 0.25) is 0 Å². The number of nitrogens with zero attached hydrogens (tertiary/aromatic N) is 1. The van der Waals surface area contributed by atoms with Gasteiger partial charge in [0, 0.05) is 12.0 Å². The standard InChI is InChI=1S/C11H11NO2/c1-8-3-2-4-9-10(8)11(13,7-12)5-6-14-9/h2-4,13H,5-6H2,1H3. The second kappa shape index (κ2) is 3.00. The summed E-state index contributed by atoms with van der Waals surface area (Å²) in [5.74, 6) is 0.625. The summed E-state index contributed by atoms with van der Waals surface area (Å²) in [6.45, 7) is 2.26. The number of fused-ring (bicyclic) bond motifs is 1. The van der Waals surface area contributed by atoms with Crippen molar-refractivity contribution >= 4 is 0 Å². The average molecular weight is 189 g/mol. The summed E-state index contributed by atoms with van der Waals surface area (Å²) in [6, 6.07) is 7.46. The van der Waals surface area contributed by atoms with Gasteiger partial charge in [0.15, 0.2) is 5.60 Å². The van der Waals surface area contributed by atoms with Crippen LogP contribution in [0.4, 0.5) is 0 Å². The Kier molecular flexibility index (Phi) is 1.94. The van der Waals surface area contributed by atoms with E-state index in [9.17, 15) is 5.11 Å². The number of ether oxygens (including phenoxy) is 1. The number of rotatable bonds is 0. The van der Waals surface area contributed by atoms with E-state index in [0.717, 1.165) is 5.56 Å². The van der Waals surface area contributed by atoms with Crippen LogP contribution < -0.4 is 4.74 Å². The molecule has 1 aromatic carbocycles. The van der Waals surface area contributed by atoms with E-state index >= 15 is 0 Å². The normalized spacial score (nSPS) is 24.6. The van der Waals surface area contributed by atoms with Crippen molar-refractivity contribution in [2.24, 2.45) is 0 Å². The van der Waals surface area contributed by atoms with Crippen LogP contribution in [-0.4, -0.2) is 11.7 Å². The van der Waals surface area contributed by atoms with Gasteiger partial charge in [-0.1, -0.05) is 12.1 Å². The fourth-order valence-electron chi connectivity index (χ4n) is 1.84. The van der Waals surface area contributed by atoms with Gasteiger partial charge in [-0.25, -0.2) is 0 Å². The van der Waals surface area contributed by atoms with Crippen LogP contribution in [0.15, 0.2) is 18.2 Å². The highest BCUT2D eigenvalue weighted by molar-refractivity contribution is 5.47. The first-order chi connectivity index (χ1) is 6.67. The highest BCUT2D eigenvalue weighted by atomic mass is 16.5. The van der Waals surface area contributed by atoms with Crippen molar-refractivity contribution < 1.29 is 9.84 Å². The van der Waals surface area contributed by atoms with Crippen molar-refractivity contribution in [1.29, 1.82) is 5.26 Å². The third-order valence-electron chi connectivity index (χ3n) is 2.55. The van der Waals surface area contributed by atoms with Gasteiger partial charge in [-0.05, 0) is 18.6 Å². The van der Waals surface area contributed by atoms with Gasteiger partial charge < -0.3 is 9.84 Å². The lowest BCUT2D eigenvalue weighted by molar-refractivity contribution is 0.0486. The van der Waals surface area contributed by atoms with E-state index in [2.05, 4.69) is 0 Å². The molecule has 0 saturated carbocycles. The zero-order valence-corrected chi connectivity index (χ0v) is 7.95. The topological polar surface area (TPSA) is 53.2 Å². The molecule has 0 spiro atoms. The molecule has 0 bridgehead atoms. The van der Waals surface area contributed by atoms with E-state index in [0.29, 0.717) is 24.3 Å². The summed E-state index contributed by atoms with van der Waals surface area (Å²) in [7, 11) is 0. The van der Waals surface area contributed by atoms with Gasteiger partial charge in [-0.3, -0.25) is 0 Å². The highest BCUT2D eigenvalue weighted by Gasteiger charge is 2.36. The highest BCUT2D eigenvalue weighted by Crippen LogP contribution is 2.38. The third-order valence-corrected chi connectivity index (χ3v) is 2.55. The number of nitriles is 1. The first kappa shape index (κ1) is 9.04. The number of aryl methyl sites for hydroxylation is 1. The van der Waals surface area contributed by atoms with Gasteiger partial charge in [-0.2, -0.15) is 5.26 Å².